The van der Waals surface area contributed by atoms with Crippen molar-refractivity contribution in [3.05, 3.63) is 0 Å². The van der Waals surface area contributed by atoms with E-state index in [2.05, 4.69) is 4.99 Å². The second-order valence-corrected chi connectivity index (χ2v) is 11.7. The number of carbonyl (C=O) groups is 1. The van der Waals surface area contributed by atoms with Crippen LogP contribution < -0.4 is 0 Å². The van der Waals surface area contributed by atoms with Crippen LogP contribution in [-0.2, 0) is 14.2 Å². The van der Waals surface area contributed by atoms with Gasteiger partial charge in [-0.1, -0.05) is 38.5 Å². The van der Waals surface area contributed by atoms with Crippen molar-refractivity contribution in [3.63, 3.8) is 0 Å². The van der Waals surface area contributed by atoms with Gasteiger partial charge in [-0.25, -0.2) is 9.79 Å². The van der Waals surface area contributed by atoms with Crippen molar-refractivity contribution in [2.75, 3.05) is 0 Å². The molecule has 140 valence electrons. The first-order chi connectivity index (χ1) is 12.2. The van der Waals surface area contributed by atoms with Gasteiger partial charge in [-0.15, -0.1) is 0 Å². The zero-order chi connectivity index (χ0) is 17.7. The summed E-state index contributed by atoms with van der Waals surface area (Å²) in [6.07, 6.45) is 15.6. The number of hydrogen-bond donors (Lipinski definition) is 0. The Kier molecular flexibility index (Phi) is 6.69. The second-order valence-electron chi connectivity index (χ2n) is 8.36. The highest BCUT2D eigenvalue weighted by atomic mass is 31.2. The molecule has 3 rings (SSSR count). The molecule has 0 heterocycles. The molecular weight excluding hydrogens is 333 g/mol. The zero-order valence-electron chi connectivity index (χ0n) is 15.3. The first-order valence-electron chi connectivity index (χ1n) is 10.4. The van der Waals surface area contributed by atoms with Gasteiger partial charge < -0.3 is 4.57 Å². The average molecular weight is 365 g/mol. The lowest BCUT2D eigenvalue weighted by molar-refractivity contribution is -0.116. The Balaban J connectivity index is 1.77. The molecule has 25 heavy (non-hydrogen) atoms. The van der Waals surface area contributed by atoms with Crippen LogP contribution in [0.2, 0.25) is 0 Å². The van der Waals surface area contributed by atoms with Crippen LogP contribution in [0, 0.1) is 5.92 Å². The lowest BCUT2D eigenvalue weighted by Gasteiger charge is -2.39. The fourth-order valence-electron chi connectivity index (χ4n) is 5.40. The van der Waals surface area contributed by atoms with Crippen LogP contribution in [0.15, 0.2) is 4.99 Å². The third kappa shape index (κ3) is 4.17. The molecule has 3 aliphatic carbocycles. The predicted octanol–water partition coefficient (Wildman–Crippen LogP) is 5.44. The predicted molar refractivity (Wildman–Crippen MR) is 100 cm³/mol. The fraction of sp³-hybridized carbons (Fsp3) is 0.900. The largest absolute Gasteiger partial charge is 0.315 e. The Morgan fingerprint density at radius 1 is 0.760 bits per heavy atom. The van der Waals surface area contributed by atoms with Crippen LogP contribution in [-0.4, -0.2) is 29.0 Å². The second kappa shape index (κ2) is 8.78. The molecule has 0 amide bonds. The van der Waals surface area contributed by atoms with Gasteiger partial charge in [-0.05, 0) is 51.4 Å². The summed E-state index contributed by atoms with van der Waals surface area (Å²) in [5.74, 6) is -0.0622. The van der Waals surface area contributed by atoms with Gasteiger partial charge in [0.15, 0.2) is 12.7 Å². The normalized spacial score (nSPS) is 29.8. The molecule has 3 saturated carbocycles. The standard InChI is InChI=1S/C20H32NO3P/c22-15-21-17-13-11-16(12-14-17)20(23)25(24,18-7-3-1-4-8-18)19-9-5-2-6-10-19/h16-19H,1-14H2. The molecule has 0 atom stereocenters. The van der Waals surface area contributed by atoms with E-state index >= 15 is 0 Å². The third-order valence-corrected chi connectivity index (χ3v) is 11.1. The van der Waals surface area contributed by atoms with Gasteiger partial charge in [-0.2, -0.15) is 0 Å². The van der Waals surface area contributed by atoms with E-state index in [0.29, 0.717) is 0 Å². The quantitative estimate of drug-likeness (QED) is 0.370. The minimum atomic E-state index is -2.81. The molecule has 0 saturated heterocycles. The van der Waals surface area contributed by atoms with Crippen molar-refractivity contribution in [2.45, 2.75) is 107 Å². The van der Waals surface area contributed by atoms with E-state index in [-0.39, 0.29) is 28.8 Å². The van der Waals surface area contributed by atoms with E-state index in [1.165, 1.54) is 12.8 Å². The Hall–Kier alpha value is -0.720. The molecule has 0 aromatic rings. The van der Waals surface area contributed by atoms with Crippen molar-refractivity contribution in [2.24, 2.45) is 10.9 Å². The topological polar surface area (TPSA) is 63.6 Å². The summed E-state index contributed by atoms with van der Waals surface area (Å²) in [6, 6.07) is 0.0188. The van der Waals surface area contributed by atoms with E-state index in [1.807, 2.05) is 0 Å². The lowest BCUT2D eigenvalue weighted by Crippen LogP contribution is -2.33. The number of carbonyl (C=O) groups excluding carboxylic acids is 2. The van der Waals surface area contributed by atoms with Crippen LogP contribution in [0.25, 0.3) is 0 Å². The smallest absolute Gasteiger partial charge is 0.235 e. The minimum absolute atomic E-state index is 0.0188. The molecule has 4 nitrogen and oxygen atoms in total. The molecule has 5 heteroatoms. The highest BCUT2D eigenvalue weighted by Gasteiger charge is 2.49. The molecule has 3 fully saturated rings. The first kappa shape index (κ1) is 19.1. The summed E-state index contributed by atoms with van der Waals surface area (Å²) in [5.41, 5.74) is 0.435. The maximum Gasteiger partial charge on any atom is 0.235 e. The van der Waals surface area contributed by atoms with Gasteiger partial charge in [0.25, 0.3) is 0 Å². The number of isocyanates is 1. The summed E-state index contributed by atoms with van der Waals surface area (Å²) in [6.45, 7) is 0. The fourth-order valence-corrected chi connectivity index (χ4v) is 9.81. The molecular formula is C20H32NO3P. The van der Waals surface area contributed by atoms with Gasteiger partial charge >= 0.3 is 0 Å². The van der Waals surface area contributed by atoms with E-state index in [0.717, 1.165) is 77.0 Å². The lowest BCUT2D eigenvalue weighted by atomic mass is 9.87. The Bertz CT molecular complexity index is 527. The number of aliphatic imine (C=N–C) groups is 1. The summed E-state index contributed by atoms with van der Waals surface area (Å²) >= 11 is 0. The highest BCUT2D eigenvalue weighted by Crippen LogP contribution is 2.65. The van der Waals surface area contributed by atoms with E-state index < -0.39 is 7.14 Å². The molecule has 0 unspecified atom stereocenters. The van der Waals surface area contributed by atoms with Crippen LogP contribution >= 0.6 is 7.14 Å². The van der Waals surface area contributed by atoms with Crippen molar-refractivity contribution in [3.8, 4) is 0 Å². The Labute approximate surface area is 151 Å². The van der Waals surface area contributed by atoms with E-state index in [1.54, 1.807) is 6.08 Å². The van der Waals surface area contributed by atoms with Crippen LogP contribution in [0.3, 0.4) is 0 Å². The van der Waals surface area contributed by atoms with E-state index in [9.17, 15) is 14.2 Å². The van der Waals surface area contributed by atoms with E-state index in [4.69, 9.17) is 0 Å². The molecule has 0 spiro atoms. The molecule has 0 aromatic heterocycles. The van der Waals surface area contributed by atoms with Crippen LogP contribution in [0.1, 0.15) is 89.9 Å². The molecule has 0 bridgehead atoms. The minimum Gasteiger partial charge on any atom is -0.315 e. The average Bonchev–Trinajstić information content (AvgIpc) is 2.69. The maximum atomic E-state index is 14.3. The number of rotatable bonds is 5. The maximum absolute atomic E-state index is 14.3. The zero-order valence-corrected chi connectivity index (χ0v) is 16.2. The summed E-state index contributed by atoms with van der Waals surface area (Å²) in [5, 5.41) is 0. The Morgan fingerprint density at radius 2 is 1.24 bits per heavy atom. The SMILES string of the molecule is O=C=NC1CCC(C(=O)P(=O)(C2CCCCC2)C2CCCCC2)CC1. The van der Waals surface area contributed by atoms with Crippen molar-refractivity contribution in [1.29, 1.82) is 0 Å². The van der Waals surface area contributed by atoms with Gasteiger partial charge in [0, 0.05) is 17.2 Å². The first-order valence-corrected chi connectivity index (χ1v) is 12.2. The Morgan fingerprint density at radius 3 is 1.68 bits per heavy atom. The van der Waals surface area contributed by atoms with Gasteiger partial charge in [0.1, 0.15) is 0 Å². The monoisotopic (exact) mass is 365 g/mol. The highest BCUT2D eigenvalue weighted by molar-refractivity contribution is 7.81. The van der Waals surface area contributed by atoms with Crippen molar-refractivity contribution >= 4 is 18.7 Å². The van der Waals surface area contributed by atoms with Gasteiger partial charge in [0.2, 0.25) is 6.08 Å². The van der Waals surface area contributed by atoms with Crippen molar-refractivity contribution < 1.29 is 14.2 Å². The molecule has 0 aliphatic heterocycles. The third-order valence-electron chi connectivity index (χ3n) is 6.86. The van der Waals surface area contributed by atoms with Gasteiger partial charge in [-0.3, -0.25) is 4.79 Å². The molecule has 0 aromatic carbocycles. The summed E-state index contributed by atoms with van der Waals surface area (Å²) in [4.78, 5) is 27.8. The number of nitrogens with zero attached hydrogens (tertiary/aromatic N) is 1. The number of hydrogen-bond acceptors (Lipinski definition) is 4. The van der Waals surface area contributed by atoms with Gasteiger partial charge in [0.05, 0.1) is 6.04 Å². The summed E-state index contributed by atoms with van der Waals surface area (Å²) in [7, 11) is -2.81. The molecule has 0 radical (unpaired) electrons. The van der Waals surface area contributed by atoms with Crippen LogP contribution in [0.5, 0.6) is 0 Å². The molecule has 0 N–H and O–H groups in total. The summed E-state index contributed by atoms with van der Waals surface area (Å²) < 4.78 is 14.3. The molecule has 3 aliphatic rings. The van der Waals surface area contributed by atoms with Crippen molar-refractivity contribution in [1.82, 2.24) is 0 Å². The van der Waals surface area contributed by atoms with Crippen LogP contribution in [0.4, 0.5) is 0 Å².